The van der Waals surface area contributed by atoms with Crippen LogP contribution in [-0.4, -0.2) is 17.0 Å². The quantitative estimate of drug-likeness (QED) is 0.887. The summed E-state index contributed by atoms with van der Waals surface area (Å²) in [6, 6.07) is 0. The highest BCUT2D eigenvalue weighted by Crippen LogP contribution is 2.59. The van der Waals surface area contributed by atoms with Gasteiger partial charge in [0.25, 0.3) is 0 Å². The number of nitrogens with two attached hydrogens (primary N) is 1. The van der Waals surface area contributed by atoms with Crippen LogP contribution in [0.25, 0.3) is 0 Å². The van der Waals surface area contributed by atoms with E-state index >= 15 is 0 Å². The summed E-state index contributed by atoms with van der Waals surface area (Å²) in [5, 5.41) is 3.18. The van der Waals surface area contributed by atoms with E-state index < -0.39 is 0 Å². The van der Waals surface area contributed by atoms with E-state index in [9.17, 15) is 0 Å². The Morgan fingerprint density at radius 3 is 2.35 bits per heavy atom. The van der Waals surface area contributed by atoms with Crippen LogP contribution < -0.4 is 11.1 Å². The van der Waals surface area contributed by atoms with E-state index in [2.05, 4.69) is 10.3 Å². The maximum absolute atomic E-state index is 5.75. The third kappa shape index (κ3) is 1.85. The summed E-state index contributed by atoms with van der Waals surface area (Å²) in [5.41, 5.74) is 6.76. The van der Waals surface area contributed by atoms with Crippen molar-refractivity contribution in [2.24, 2.45) is 29.4 Å². The Balaban J connectivity index is 1.67. The molecule has 4 fully saturated rings. The summed E-state index contributed by atoms with van der Waals surface area (Å²) in [4.78, 5) is 9.48. The van der Waals surface area contributed by atoms with Gasteiger partial charge >= 0.3 is 0 Å². The van der Waals surface area contributed by atoms with Crippen LogP contribution in [0.2, 0.25) is 0 Å². The number of hydrogen-bond acceptors (Lipinski definition) is 4. The van der Waals surface area contributed by atoms with Gasteiger partial charge in [0.2, 0.25) is 0 Å². The van der Waals surface area contributed by atoms with Crippen LogP contribution in [0.1, 0.15) is 49.4 Å². The third-order valence-corrected chi connectivity index (χ3v) is 5.86. The highest BCUT2D eigenvalue weighted by Gasteiger charge is 2.49. The molecule has 0 radical (unpaired) electrons. The molecule has 0 unspecified atom stereocenters. The van der Waals surface area contributed by atoms with Crippen LogP contribution in [0.5, 0.6) is 0 Å². The van der Waals surface area contributed by atoms with E-state index in [0.29, 0.717) is 12.5 Å². The fraction of sp³-hybridized carbons (Fsp3) is 0.750. The maximum atomic E-state index is 5.75. The molecule has 0 aromatic carbocycles. The molecular formula is C16H24N4. The van der Waals surface area contributed by atoms with Crippen molar-refractivity contribution < 1.29 is 0 Å². The van der Waals surface area contributed by atoms with Gasteiger partial charge in [0.05, 0.1) is 0 Å². The van der Waals surface area contributed by atoms with E-state index in [4.69, 9.17) is 10.7 Å². The predicted molar refractivity (Wildman–Crippen MR) is 79.3 cm³/mol. The molecule has 5 rings (SSSR count). The number of nitrogens with one attached hydrogen (secondary N) is 1. The normalized spacial score (nSPS) is 38.2. The minimum Gasteiger partial charge on any atom is -0.373 e. The molecule has 4 saturated carbocycles. The van der Waals surface area contributed by atoms with Crippen molar-refractivity contribution in [1.29, 1.82) is 0 Å². The van der Waals surface area contributed by atoms with Crippen molar-refractivity contribution in [3.8, 4) is 0 Å². The molecule has 0 spiro atoms. The van der Waals surface area contributed by atoms with Gasteiger partial charge in [0.1, 0.15) is 11.6 Å². The standard InChI is InChI=1S/C16H24N4/c1-18-15-13(7-17)8-19-16(20-15)14-11-3-9-2-10(5-11)6-12(14)4-9/h8-12,14H,2-7,17H2,1H3,(H,18,19,20). The number of rotatable bonds is 3. The summed E-state index contributed by atoms with van der Waals surface area (Å²) in [7, 11) is 1.92. The van der Waals surface area contributed by atoms with Gasteiger partial charge in [0.15, 0.2) is 0 Å². The van der Waals surface area contributed by atoms with E-state index in [1.165, 1.54) is 32.1 Å². The fourth-order valence-electron chi connectivity index (χ4n) is 5.29. The first-order valence-electron chi connectivity index (χ1n) is 8.02. The zero-order chi connectivity index (χ0) is 13.7. The Labute approximate surface area is 120 Å². The molecular weight excluding hydrogens is 248 g/mol. The highest BCUT2D eigenvalue weighted by atomic mass is 15.0. The van der Waals surface area contributed by atoms with Crippen molar-refractivity contribution in [2.45, 2.75) is 44.6 Å². The van der Waals surface area contributed by atoms with Crippen LogP contribution in [-0.2, 0) is 6.54 Å². The summed E-state index contributed by atoms with van der Waals surface area (Å²) in [6.45, 7) is 0.498. The molecule has 1 heterocycles. The van der Waals surface area contributed by atoms with Gasteiger partial charge in [-0.1, -0.05) is 0 Å². The van der Waals surface area contributed by atoms with Crippen molar-refractivity contribution in [3.05, 3.63) is 17.6 Å². The Bertz CT molecular complexity index is 485. The Morgan fingerprint density at radius 2 is 1.80 bits per heavy atom. The van der Waals surface area contributed by atoms with Gasteiger partial charge in [-0.3, -0.25) is 0 Å². The largest absolute Gasteiger partial charge is 0.373 e. The van der Waals surface area contributed by atoms with Crippen molar-refractivity contribution in [1.82, 2.24) is 9.97 Å². The lowest BCUT2D eigenvalue weighted by molar-refractivity contribution is -0.00562. The van der Waals surface area contributed by atoms with Crippen LogP contribution in [0.3, 0.4) is 0 Å². The average Bonchev–Trinajstić information content (AvgIpc) is 2.46. The van der Waals surface area contributed by atoms with Crippen LogP contribution in [0.15, 0.2) is 6.20 Å². The molecule has 4 nitrogen and oxygen atoms in total. The Morgan fingerprint density at radius 1 is 1.15 bits per heavy atom. The second-order valence-electron chi connectivity index (χ2n) is 7.01. The van der Waals surface area contributed by atoms with Gasteiger partial charge < -0.3 is 11.1 Å². The molecule has 4 aliphatic carbocycles. The third-order valence-electron chi connectivity index (χ3n) is 5.86. The SMILES string of the molecule is CNc1nc(C2C3CC4CC(C3)CC2C4)ncc1CN. The van der Waals surface area contributed by atoms with Gasteiger partial charge in [-0.05, 0) is 55.8 Å². The maximum Gasteiger partial charge on any atom is 0.134 e. The molecule has 1 aromatic rings. The fourth-order valence-corrected chi connectivity index (χ4v) is 5.29. The number of hydrogen-bond donors (Lipinski definition) is 2. The molecule has 4 heteroatoms. The van der Waals surface area contributed by atoms with Gasteiger partial charge in [-0.15, -0.1) is 0 Å². The lowest BCUT2D eigenvalue weighted by atomic mass is 9.51. The van der Waals surface area contributed by atoms with Crippen LogP contribution >= 0.6 is 0 Å². The molecule has 0 aliphatic heterocycles. The number of anilines is 1. The van der Waals surface area contributed by atoms with E-state index in [1.54, 1.807) is 0 Å². The molecule has 0 amide bonds. The first-order chi connectivity index (χ1) is 9.78. The summed E-state index contributed by atoms with van der Waals surface area (Å²) >= 11 is 0. The van der Waals surface area contributed by atoms with Crippen LogP contribution in [0.4, 0.5) is 5.82 Å². The smallest absolute Gasteiger partial charge is 0.134 e. The second-order valence-corrected chi connectivity index (χ2v) is 7.01. The molecule has 108 valence electrons. The lowest BCUT2D eigenvalue weighted by Gasteiger charge is -2.53. The molecule has 0 saturated heterocycles. The predicted octanol–water partition coefficient (Wildman–Crippen LogP) is 2.52. The van der Waals surface area contributed by atoms with E-state index in [-0.39, 0.29) is 0 Å². The average molecular weight is 272 g/mol. The monoisotopic (exact) mass is 272 g/mol. The van der Waals surface area contributed by atoms with Crippen molar-refractivity contribution in [3.63, 3.8) is 0 Å². The molecule has 4 aliphatic rings. The van der Waals surface area contributed by atoms with Crippen LogP contribution in [0, 0.1) is 23.7 Å². The zero-order valence-electron chi connectivity index (χ0n) is 12.2. The van der Waals surface area contributed by atoms with Crippen molar-refractivity contribution >= 4 is 5.82 Å². The highest BCUT2D eigenvalue weighted by molar-refractivity contribution is 5.42. The van der Waals surface area contributed by atoms with E-state index in [0.717, 1.165) is 40.9 Å². The molecule has 3 N–H and O–H groups in total. The van der Waals surface area contributed by atoms with Gasteiger partial charge in [0, 0.05) is 31.3 Å². The molecule has 1 aromatic heterocycles. The summed E-state index contributed by atoms with van der Waals surface area (Å²) in [5.74, 6) is 6.26. The number of aromatic nitrogens is 2. The molecule has 4 bridgehead atoms. The second kappa shape index (κ2) is 4.69. The minimum atomic E-state index is 0.498. The molecule has 20 heavy (non-hydrogen) atoms. The lowest BCUT2D eigenvalue weighted by Crippen LogP contribution is -2.44. The summed E-state index contributed by atoms with van der Waals surface area (Å²) < 4.78 is 0. The van der Waals surface area contributed by atoms with Gasteiger partial charge in [-0.2, -0.15) is 0 Å². The van der Waals surface area contributed by atoms with Gasteiger partial charge in [-0.25, -0.2) is 9.97 Å². The Kier molecular flexibility index (Phi) is 2.95. The van der Waals surface area contributed by atoms with Crippen molar-refractivity contribution in [2.75, 3.05) is 12.4 Å². The minimum absolute atomic E-state index is 0.498. The summed E-state index contributed by atoms with van der Waals surface area (Å²) in [6.07, 6.45) is 9.07. The number of nitrogens with zero attached hydrogens (tertiary/aromatic N) is 2. The zero-order valence-corrected chi connectivity index (χ0v) is 12.2. The first kappa shape index (κ1) is 12.6. The van der Waals surface area contributed by atoms with E-state index in [1.807, 2.05) is 13.2 Å². The first-order valence-corrected chi connectivity index (χ1v) is 8.02. The molecule has 0 atom stereocenters. The Hall–Kier alpha value is -1.16. The topological polar surface area (TPSA) is 63.8 Å².